The van der Waals surface area contributed by atoms with Crippen molar-refractivity contribution in [3.05, 3.63) is 74.9 Å². The number of aromatic nitrogens is 2. The van der Waals surface area contributed by atoms with Crippen molar-refractivity contribution in [1.29, 1.82) is 0 Å². The van der Waals surface area contributed by atoms with Gasteiger partial charge in [0.1, 0.15) is 23.9 Å². The minimum Gasteiger partial charge on any atom is -0.486 e. The van der Waals surface area contributed by atoms with E-state index < -0.39 is 0 Å². The Labute approximate surface area is 170 Å². The van der Waals surface area contributed by atoms with Crippen LogP contribution < -0.4 is 4.74 Å². The average Bonchev–Trinajstić information content (AvgIpc) is 3.27. The molecular weight excluding hydrogens is 432 g/mol. The molecule has 2 heterocycles. The summed E-state index contributed by atoms with van der Waals surface area (Å²) in [6, 6.07) is 8.97. The lowest BCUT2D eigenvalue weighted by Gasteiger charge is -2.05. The Morgan fingerprint density at radius 3 is 2.89 bits per heavy atom. The first-order valence-corrected chi connectivity index (χ1v) is 9.56. The van der Waals surface area contributed by atoms with Crippen molar-refractivity contribution in [2.75, 3.05) is 0 Å². The van der Waals surface area contributed by atoms with E-state index in [9.17, 15) is 4.79 Å². The second-order valence-electron chi connectivity index (χ2n) is 5.85. The molecule has 0 bridgehead atoms. The highest BCUT2D eigenvalue weighted by molar-refractivity contribution is 9.10. The van der Waals surface area contributed by atoms with Crippen LogP contribution in [0.4, 0.5) is 0 Å². The molecule has 3 aromatic rings. The number of carbonyl (C=O) groups is 1. The van der Waals surface area contributed by atoms with Gasteiger partial charge < -0.3 is 9.15 Å². The van der Waals surface area contributed by atoms with Crippen molar-refractivity contribution < 1.29 is 13.9 Å². The topological polar surface area (TPSA) is 57.3 Å². The van der Waals surface area contributed by atoms with E-state index in [1.54, 1.807) is 29.1 Å². The van der Waals surface area contributed by atoms with Crippen molar-refractivity contribution >= 4 is 39.4 Å². The lowest BCUT2D eigenvalue weighted by molar-refractivity contribution is 0.104. The quantitative estimate of drug-likeness (QED) is 0.343. The number of furan rings is 1. The zero-order valence-corrected chi connectivity index (χ0v) is 17.3. The number of ether oxygens (including phenoxy) is 1. The van der Waals surface area contributed by atoms with Gasteiger partial charge in [-0.25, -0.2) is 0 Å². The van der Waals surface area contributed by atoms with Crippen LogP contribution in [-0.4, -0.2) is 15.6 Å². The van der Waals surface area contributed by atoms with E-state index in [0.717, 1.165) is 11.0 Å². The maximum absolute atomic E-state index is 12.3. The number of halogens is 2. The van der Waals surface area contributed by atoms with Gasteiger partial charge >= 0.3 is 0 Å². The SMILES string of the molecule is CCn1cc(C(=O)C=Cc2ccc(COc3ccc(Br)c(Cl)c3)o2)c(C)n1. The summed E-state index contributed by atoms with van der Waals surface area (Å²) < 4.78 is 13.9. The van der Waals surface area contributed by atoms with E-state index in [2.05, 4.69) is 21.0 Å². The molecule has 0 aliphatic rings. The van der Waals surface area contributed by atoms with Crippen LogP contribution in [0.3, 0.4) is 0 Å². The van der Waals surface area contributed by atoms with Gasteiger partial charge in [0, 0.05) is 17.2 Å². The Kier molecular flexibility index (Phi) is 6.19. The largest absolute Gasteiger partial charge is 0.486 e. The lowest BCUT2D eigenvalue weighted by atomic mass is 10.1. The zero-order chi connectivity index (χ0) is 19.4. The second kappa shape index (κ2) is 8.59. The van der Waals surface area contributed by atoms with Crippen LogP contribution >= 0.6 is 27.5 Å². The Morgan fingerprint density at radius 1 is 1.37 bits per heavy atom. The van der Waals surface area contributed by atoms with E-state index in [0.29, 0.717) is 33.6 Å². The highest BCUT2D eigenvalue weighted by Gasteiger charge is 2.10. The van der Waals surface area contributed by atoms with Gasteiger partial charge in [-0.05, 0) is 72.3 Å². The highest BCUT2D eigenvalue weighted by atomic mass is 79.9. The van der Waals surface area contributed by atoms with Gasteiger partial charge in [0.05, 0.1) is 16.3 Å². The molecule has 0 saturated heterocycles. The first-order valence-electron chi connectivity index (χ1n) is 8.39. The van der Waals surface area contributed by atoms with E-state index >= 15 is 0 Å². The first-order chi connectivity index (χ1) is 13.0. The molecule has 7 heteroatoms. The van der Waals surface area contributed by atoms with Gasteiger partial charge in [0.2, 0.25) is 0 Å². The molecule has 140 valence electrons. The van der Waals surface area contributed by atoms with Crippen LogP contribution in [0.1, 0.15) is 34.5 Å². The normalized spacial score (nSPS) is 11.3. The molecule has 0 aliphatic heterocycles. The van der Waals surface area contributed by atoms with E-state index in [1.807, 2.05) is 32.0 Å². The molecule has 0 atom stereocenters. The Hall–Kier alpha value is -2.31. The zero-order valence-electron chi connectivity index (χ0n) is 14.9. The molecule has 0 saturated carbocycles. The summed E-state index contributed by atoms with van der Waals surface area (Å²) in [6.07, 6.45) is 4.89. The summed E-state index contributed by atoms with van der Waals surface area (Å²) in [5, 5.41) is 4.86. The molecule has 3 rings (SSSR count). The van der Waals surface area contributed by atoms with Crippen molar-refractivity contribution in [3.8, 4) is 5.75 Å². The number of ketones is 1. The summed E-state index contributed by atoms with van der Waals surface area (Å²) in [6.45, 7) is 4.79. The number of hydrogen-bond donors (Lipinski definition) is 0. The number of rotatable bonds is 7. The fourth-order valence-electron chi connectivity index (χ4n) is 2.45. The predicted molar refractivity (Wildman–Crippen MR) is 108 cm³/mol. The van der Waals surface area contributed by atoms with Crippen LogP contribution in [-0.2, 0) is 13.2 Å². The van der Waals surface area contributed by atoms with Gasteiger partial charge in [0.15, 0.2) is 5.78 Å². The maximum Gasteiger partial charge on any atom is 0.189 e. The van der Waals surface area contributed by atoms with Gasteiger partial charge in [0.25, 0.3) is 0 Å². The summed E-state index contributed by atoms with van der Waals surface area (Å²) in [5.41, 5.74) is 1.31. The molecule has 0 spiro atoms. The Bertz CT molecular complexity index is 991. The third-order valence-electron chi connectivity index (χ3n) is 3.89. The smallest absolute Gasteiger partial charge is 0.189 e. The summed E-state index contributed by atoms with van der Waals surface area (Å²) in [5.74, 6) is 1.77. The first kappa shape index (κ1) is 19.5. The Morgan fingerprint density at radius 2 is 2.19 bits per heavy atom. The summed E-state index contributed by atoms with van der Waals surface area (Å²) in [4.78, 5) is 12.3. The average molecular weight is 450 g/mol. The number of aryl methyl sites for hydroxylation is 2. The van der Waals surface area contributed by atoms with E-state index in [4.69, 9.17) is 20.8 Å². The van der Waals surface area contributed by atoms with Crippen LogP contribution in [0.25, 0.3) is 6.08 Å². The van der Waals surface area contributed by atoms with Crippen molar-refractivity contribution in [2.45, 2.75) is 27.0 Å². The minimum atomic E-state index is -0.106. The molecule has 0 N–H and O–H groups in total. The number of allylic oxidation sites excluding steroid dienone is 1. The second-order valence-corrected chi connectivity index (χ2v) is 7.11. The van der Waals surface area contributed by atoms with Crippen molar-refractivity contribution in [3.63, 3.8) is 0 Å². The fraction of sp³-hybridized carbons (Fsp3) is 0.200. The Balaban J connectivity index is 1.61. The van der Waals surface area contributed by atoms with Crippen LogP contribution in [0.2, 0.25) is 5.02 Å². The molecule has 5 nitrogen and oxygen atoms in total. The molecule has 1 aromatic carbocycles. The third-order valence-corrected chi connectivity index (χ3v) is 5.12. The molecule has 0 unspecified atom stereocenters. The fourth-order valence-corrected chi connectivity index (χ4v) is 2.87. The number of nitrogens with zero attached hydrogens (tertiary/aromatic N) is 2. The van der Waals surface area contributed by atoms with Crippen molar-refractivity contribution in [1.82, 2.24) is 9.78 Å². The van der Waals surface area contributed by atoms with Crippen LogP contribution in [0.15, 0.2) is 51.5 Å². The monoisotopic (exact) mass is 448 g/mol. The number of carbonyl (C=O) groups excluding carboxylic acids is 1. The minimum absolute atomic E-state index is 0.106. The third kappa shape index (κ3) is 4.90. The number of benzene rings is 1. The molecule has 0 fully saturated rings. The van der Waals surface area contributed by atoms with Gasteiger partial charge in [-0.1, -0.05) is 11.6 Å². The maximum atomic E-state index is 12.3. The predicted octanol–water partition coefficient (Wildman–Crippen LogP) is 5.70. The van der Waals surface area contributed by atoms with Gasteiger partial charge in [-0.15, -0.1) is 0 Å². The van der Waals surface area contributed by atoms with Crippen molar-refractivity contribution in [2.24, 2.45) is 0 Å². The lowest BCUT2D eigenvalue weighted by Crippen LogP contribution is -1.95. The summed E-state index contributed by atoms with van der Waals surface area (Å²) >= 11 is 9.38. The standard InChI is InChI=1S/C20H18BrClN2O3/c1-3-24-11-17(13(2)23-24)20(25)9-7-14-4-5-16(27-14)12-26-15-6-8-18(21)19(22)10-15/h4-11H,3,12H2,1-2H3. The molecule has 0 aliphatic carbocycles. The molecule has 0 amide bonds. The van der Waals surface area contributed by atoms with E-state index in [1.165, 1.54) is 6.08 Å². The van der Waals surface area contributed by atoms with Crippen LogP contribution in [0, 0.1) is 6.92 Å². The number of hydrogen-bond acceptors (Lipinski definition) is 4. The van der Waals surface area contributed by atoms with E-state index in [-0.39, 0.29) is 12.4 Å². The molecule has 2 aromatic heterocycles. The summed E-state index contributed by atoms with van der Waals surface area (Å²) in [7, 11) is 0. The molecule has 27 heavy (non-hydrogen) atoms. The molecular formula is C20H18BrClN2O3. The highest BCUT2D eigenvalue weighted by Crippen LogP contribution is 2.27. The van der Waals surface area contributed by atoms with Gasteiger partial charge in [-0.3, -0.25) is 9.48 Å². The van der Waals surface area contributed by atoms with Crippen LogP contribution in [0.5, 0.6) is 5.75 Å². The molecule has 0 radical (unpaired) electrons. The van der Waals surface area contributed by atoms with Gasteiger partial charge in [-0.2, -0.15) is 5.10 Å².